The SMILES string of the molecule is COc1ncccc1NC(=O)COc1ccc(Oc2ccc(C)cc2)cc1. The number of pyridine rings is 1. The lowest BCUT2D eigenvalue weighted by molar-refractivity contribution is -0.118. The lowest BCUT2D eigenvalue weighted by Gasteiger charge is -2.10. The summed E-state index contributed by atoms with van der Waals surface area (Å²) in [5, 5.41) is 2.70. The molecule has 0 saturated carbocycles. The number of carbonyl (C=O) groups excluding carboxylic acids is 1. The molecular weight excluding hydrogens is 344 g/mol. The number of carbonyl (C=O) groups is 1. The molecule has 0 radical (unpaired) electrons. The summed E-state index contributed by atoms with van der Waals surface area (Å²) >= 11 is 0. The molecule has 0 atom stereocenters. The maximum atomic E-state index is 12.0. The number of nitrogens with zero attached hydrogens (tertiary/aromatic N) is 1. The number of aryl methyl sites for hydroxylation is 1. The Morgan fingerprint density at radius 1 is 0.963 bits per heavy atom. The van der Waals surface area contributed by atoms with Gasteiger partial charge in [-0.05, 0) is 55.5 Å². The molecule has 1 N–H and O–H groups in total. The van der Waals surface area contributed by atoms with Crippen molar-refractivity contribution in [3.63, 3.8) is 0 Å². The second kappa shape index (κ2) is 8.71. The van der Waals surface area contributed by atoms with Gasteiger partial charge in [-0.1, -0.05) is 17.7 Å². The van der Waals surface area contributed by atoms with Gasteiger partial charge >= 0.3 is 0 Å². The van der Waals surface area contributed by atoms with Crippen molar-refractivity contribution >= 4 is 11.6 Å². The van der Waals surface area contributed by atoms with Crippen molar-refractivity contribution < 1.29 is 19.0 Å². The van der Waals surface area contributed by atoms with Crippen molar-refractivity contribution in [1.29, 1.82) is 0 Å². The number of aromatic nitrogens is 1. The highest BCUT2D eigenvalue weighted by Crippen LogP contribution is 2.24. The molecule has 1 aromatic heterocycles. The number of benzene rings is 2. The van der Waals surface area contributed by atoms with Crippen LogP contribution in [0.4, 0.5) is 5.69 Å². The van der Waals surface area contributed by atoms with Crippen LogP contribution in [-0.4, -0.2) is 24.6 Å². The van der Waals surface area contributed by atoms with Gasteiger partial charge in [0.25, 0.3) is 5.91 Å². The topological polar surface area (TPSA) is 69.7 Å². The molecule has 0 saturated heterocycles. The van der Waals surface area contributed by atoms with Gasteiger partial charge in [-0.2, -0.15) is 0 Å². The van der Waals surface area contributed by atoms with Crippen LogP contribution >= 0.6 is 0 Å². The van der Waals surface area contributed by atoms with Crippen molar-refractivity contribution in [1.82, 2.24) is 4.98 Å². The molecule has 0 aliphatic rings. The standard InChI is InChI=1S/C21H20N2O4/c1-15-5-7-17(8-6-15)27-18-11-9-16(10-12-18)26-14-20(24)23-19-4-3-13-22-21(19)25-2/h3-13H,14H2,1-2H3,(H,23,24). The monoisotopic (exact) mass is 364 g/mol. The summed E-state index contributed by atoms with van der Waals surface area (Å²) in [4.78, 5) is 16.1. The first-order valence-electron chi connectivity index (χ1n) is 8.40. The van der Waals surface area contributed by atoms with Crippen molar-refractivity contribution in [3.05, 3.63) is 72.4 Å². The summed E-state index contributed by atoms with van der Waals surface area (Å²) in [6.45, 7) is 1.90. The molecular formula is C21H20N2O4. The van der Waals surface area contributed by atoms with E-state index in [9.17, 15) is 4.79 Å². The van der Waals surface area contributed by atoms with Gasteiger partial charge in [-0.3, -0.25) is 4.79 Å². The van der Waals surface area contributed by atoms with Crippen molar-refractivity contribution in [2.45, 2.75) is 6.92 Å². The van der Waals surface area contributed by atoms with Crippen molar-refractivity contribution in [2.24, 2.45) is 0 Å². The van der Waals surface area contributed by atoms with Crippen LogP contribution in [0.5, 0.6) is 23.1 Å². The number of methoxy groups -OCH3 is 1. The molecule has 1 heterocycles. The highest BCUT2D eigenvalue weighted by molar-refractivity contribution is 5.92. The summed E-state index contributed by atoms with van der Waals surface area (Å²) < 4.78 is 16.4. The maximum absolute atomic E-state index is 12.0. The van der Waals surface area contributed by atoms with Crippen LogP contribution in [0.15, 0.2) is 66.9 Å². The zero-order valence-corrected chi connectivity index (χ0v) is 15.1. The normalized spacial score (nSPS) is 10.1. The minimum Gasteiger partial charge on any atom is -0.484 e. The van der Waals surface area contributed by atoms with Gasteiger partial charge in [-0.25, -0.2) is 4.98 Å². The first kappa shape index (κ1) is 18.3. The van der Waals surface area contributed by atoms with Crippen LogP contribution in [-0.2, 0) is 4.79 Å². The maximum Gasteiger partial charge on any atom is 0.262 e. The van der Waals surface area contributed by atoms with E-state index in [0.29, 0.717) is 23.1 Å². The third-order valence-electron chi connectivity index (χ3n) is 3.69. The summed E-state index contributed by atoms with van der Waals surface area (Å²) in [5.74, 6) is 2.07. The fourth-order valence-electron chi connectivity index (χ4n) is 2.33. The minimum atomic E-state index is -0.304. The predicted molar refractivity (Wildman–Crippen MR) is 103 cm³/mol. The van der Waals surface area contributed by atoms with Crippen LogP contribution < -0.4 is 19.5 Å². The van der Waals surface area contributed by atoms with E-state index in [2.05, 4.69) is 10.3 Å². The van der Waals surface area contributed by atoms with E-state index in [1.54, 1.807) is 42.6 Å². The summed E-state index contributed by atoms with van der Waals surface area (Å²) in [5.41, 5.74) is 1.67. The molecule has 0 aliphatic heterocycles. The molecule has 3 rings (SSSR count). The van der Waals surface area contributed by atoms with Crippen LogP contribution in [0, 0.1) is 6.92 Å². The van der Waals surface area contributed by atoms with Gasteiger partial charge < -0.3 is 19.5 Å². The smallest absolute Gasteiger partial charge is 0.262 e. The Balaban J connectivity index is 1.52. The van der Waals surface area contributed by atoms with Crippen LogP contribution in [0.1, 0.15) is 5.56 Å². The Bertz CT molecular complexity index is 893. The van der Waals surface area contributed by atoms with Gasteiger partial charge in [0, 0.05) is 6.20 Å². The second-order valence-corrected chi connectivity index (χ2v) is 5.78. The van der Waals surface area contributed by atoms with Crippen molar-refractivity contribution in [2.75, 3.05) is 19.0 Å². The van der Waals surface area contributed by atoms with Gasteiger partial charge in [-0.15, -0.1) is 0 Å². The number of ether oxygens (including phenoxy) is 3. The molecule has 138 valence electrons. The van der Waals surface area contributed by atoms with Gasteiger partial charge in [0.15, 0.2) is 6.61 Å². The number of anilines is 1. The zero-order chi connectivity index (χ0) is 19.1. The average molecular weight is 364 g/mol. The molecule has 0 bridgehead atoms. The highest BCUT2D eigenvalue weighted by Gasteiger charge is 2.09. The fourth-order valence-corrected chi connectivity index (χ4v) is 2.33. The molecule has 0 unspecified atom stereocenters. The van der Waals surface area contributed by atoms with Gasteiger partial charge in [0.05, 0.1) is 7.11 Å². The molecule has 27 heavy (non-hydrogen) atoms. The fraction of sp³-hybridized carbons (Fsp3) is 0.143. The summed E-state index contributed by atoms with van der Waals surface area (Å²) in [6.07, 6.45) is 1.59. The molecule has 6 nitrogen and oxygen atoms in total. The highest BCUT2D eigenvalue weighted by atomic mass is 16.5. The van der Waals surface area contributed by atoms with E-state index >= 15 is 0 Å². The Morgan fingerprint density at radius 3 is 2.26 bits per heavy atom. The van der Waals surface area contributed by atoms with Crippen molar-refractivity contribution in [3.8, 4) is 23.1 Å². The van der Waals surface area contributed by atoms with Crippen LogP contribution in [0.3, 0.4) is 0 Å². The van der Waals surface area contributed by atoms with Gasteiger partial charge in [0.2, 0.25) is 5.88 Å². The lowest BCUT2D eigenvalue weighted by Crippen LogP contribution is -2.20. The van der Waals surface area contributed by atoms with E-state index in [1.165, 1.54) is 12.7 Å². The van der Waals surface area contributed by atoms with Gasteiger partial charge in [0.1, 0.15) is 22.9 Å². The third-order valence-corrected chi connectivity index (χ3v) is 3.69. The molecule has 0 aliphatic carbocycles. The number of hydrogen-bond donors (Lipinski definition) is 1. The Morgan fingerprint density at radius 2 is 1.59 bits per heavy atom. The lowest BCUT2D eigenvalue weighted by atomic mass is 10.2. The summed E-state index contributed by atoms with van der Waals surface area (Å²) in [7, 11) is 1.49. The van der Waals surface area contributed by atoms with E-state index in [0.717, 1.165) is 5.75 Å². The third kappa shape index (κ3) is 5.22. The minimum absolute atomic E-state index is 0.129. The largest absolute Gasteiger partial charge is 0.484 e. The van der Waals surface area contributed by atoms with E-state index in [4.69, 9.17) is 14.2 Å². The Hall–Kier alpha value is -3.54. The number of amides is 1. The molecule has 2 aromatic carbocycles. The van der Waals surface area contributed by atoms with E-state index in [-0.39, 0.29) is 12.5 Å². The molecule has 0 fully saturated rings. The molecule has 3 aromatic rings. The number of hydrogen-bond acceptors (Lipinski definition) is 5. The van der Waals surface area contributed by atoms with Crippen LogP contribution in [0.2, 0.25) is 0 Å². The molecule has 6 heteroatoms. The zero-order valence-electron chi connectivity index (χ0n) is 15.1. The Labute approximate surface area is 157 Å². The first-order valence-corrected chi connectivity index (χ1v) is 8.40. The Kier molecular flexibility index (Phi) is 5.89. The average Bonchev–Trinajstić information content (AvgIpc) is 2.69. The second-order valence-electron chi connectivity index (χ2n) is 5.78. The first-order chi connectivity index (χ1) is 13.1. The van der Waals surface area contributed by atoms with E-state index in [1.807, 2.05) is 31.2 Å². The summed E-state index contributed by atoms with van der Waals surface area (Å²) in [6, 6.07) is 18.3. The predicted octanol–water partition coefficient (Wildman–Crippen LogP) is 4.21. The quantitative estimate of drug-likeness (QED) is 0.680. The van der Waals surface area contributed by atoms with E-state index < -0.39 is 0 Å². The van der Waals surface area contributed by atoms with Crippen LogP contribution in [0.25, 0.3) is 0 Å². The number of rotatable bonds is 7. The number of nitrogens with one attached hydrogen (secondary N) is 1. The molecule has 1 amide bonds. The molecule has 0 spiro atoms.